The zero-order chi connectivity index (χ0) is 15.5. The maximum absolute atomic E-state index is 13.0. The lowest BCUT2D eigenvalue weighted by molar-refractivity contribution is -0.137. The molecule has 0 saturated carbocycles. The van der Waals surface area contributed by atoms with Crippen molar-refractivity contribution >= 4 is 11.6 Å². The van der Waals surface area contributed by atoms with E-state index < -0.39 is 35.5 Å². The van der Waals surface area contributed by atoms with E-state index in [9.17, 15) is 23.1 Å². The molecule has 112 valence electrons. The number of likely N-dealkylation sites (N-methyl/N-ethyl adjacent to an activating group) is 1. The summed E-state index contributed by atoms with van der Waals surface area (Å²) in [6.07, 6.45) is -5.79. The summed E-state index contributed by atoms with van der Waals surface area (Å²) in [4.78, 5) is 11.1. The summed E-state index contributed by atoms with van der Waals surface area (Å²) in [6.45, 7) is 2.74. The first-order valence-corrected chi connectivity index (χ1v) is 6.01. The van der Waals surface area contributed by atoms with Crippen LogP contribution in [0.5, 0.6) is 0 Å². The second-order valence-electron chi connectivity index (χ2n) is 4.47. The molecule has 1 aromatic rings. The smallest absolute Gasteiger partial charge is 0.387 e. The normalized spacial score (nSPS) is 14.8. The van der Waals surface area contributed by atoms with E-state index in [2.05, 4.69) is 10.6 Å². The SMILES string of the molecule is CNC(C)C(O)c1cccc(C(F)(F)F)c1NC(C)=O. The van der Waals surface area contributed by atoms with E-state index in [4.69, 9.17) is 0 Å². The number of hydrogen-bond donors (Lipinski definition) is 3. The van der Waals surface area contributed by atoms with Crippen LogP contribution in [0.1, 0.15) is 31.1 Å². The number of halogens is 3. The van der Waals surface area contributed by atoms with Crippen molar-refractivity contribution in [2.75, 3.05) is 12.4 Å². The fourth-order valence-electron chi connectivity index (χ4n) is 1.80. The van der Waals surface area contributed by atoms with E-state index >= 15 is 0 Å². The highest BCUT2D eigenvalue weighted by molar-refractivity contribution is 5.90. The number of rotatable bonds is 4. The van der Waals surface area contributed by atoms with E-state index in [-0.39, 0.29) is 5.56 Å². The number of para-hydroxylation sites is 1. The van der Waals surface area contributed by atoms with Gasteiger partial charge in [-0.1, -0.05) is 12.1 Å². The maximum Gasteiger partial charge on any atom is 0.418 e. The van der Waals surface area contributed by atoms with Crippen molar-refractivity contribution in [1.29, 1.82) is 0 Å². The van der Waals surface area contributed by atoms with Gasteiger partial charge in [-0.15, -0.1) is 0 Å². The molecule has 0 radical (unpaired) electrons. The monoisotopic (exact) mass is 290 g/mol. The number of nitrogens with one attached hydrogen (secondary N) is 2. The summed E-state index contributed by atoms with van der Waals surface area (Å²) in [5, 5.41) is 15.0. The molecule has 0 aliphatic rings. The molecule has 2 atom stereocenters. The number of carbonyl (C=O) groups is 1. The van der Waals surface area contributed by atoms with E-state index in [1.54, 1.807) is 14.0 Å². The van der Waals surface area contributed by atoms with Crippen molar-refractivity contribution in [3.63, 3.8) is 0 Å². The third kappa shape index (κ3) is 3.71. The van der Waals surface area contributed by atoms with Gasteiger partial charge in [0.05, 0.1) is 17.4 Å². The van der Waals surface area contributed by atoms with Gasteiger partial charge >= 0.3 is 6.18 Å². The Labute approximate surface area is 115 Å². The van der Waals surface area contributed by atoms with Crippen LogP contribution in [0.25, 0.3) is 0 Å². The zero-order valence-corrected chi connectivity index (χ0v) is 11.4. The second kappa shape index (κ2) is 6.23. The predicted octanol–water partition coefficient (Wildman–Crippen LogP) is 2.31. The molecule has 4 nitrogen and oxygen atoms in total. The molecule has 0 heterocycles. The largest absolute Gasteiger partial charge is 0.418 e. The molecule has 0 aliphatic carbocycles. The van der Waals surface area contributed by atoms with Crippen molar-refractivity contribution in [2.24, 2.45) is 0 Å². The van der Waals surface area contributed by atoms with Crippen LogP contribution in [0, 0.1) is 0 Å². The summed E-state index contributed by atoms with van der Waals surface area (Å²) in [5.41, 5.74) is -1.36. The van der Waals surface area contributed by atoms with Gasteiger partial charge in [-0.05, 0) is 20.0 Å². The number of aliphatic hydroxyl groups is 1. The number of hydrogen-bond acceptors (Lipinski definition) is 3. The van der Waals surface area contributed by atoms with Crippen LogP contribution < -0.4 is 10.6 Å². The van der Waals surface area contributed by atoms with Crippen LogP contribution in [-0.4, -0.2) is 24.1 Å². The van der Waals surface area contributed by atoms with Crippen molar-refractivity contribution in [1.82, 2.24) is 5.32 Å². The van der Waals surface area contributed by atoms with Gasteiger partial charge in [0, 0.05) is 18.5 Å². The Bertz CT molecular complexity index is 489. The van der Waals surface area contributed by atoms with Gasteiger partial charge < -0.3 is 15.7 Å². The van der Waals surface area contributed by atoms with Gasteiger partial charge in [0.25, 0.3) is 0 Å². The Morgan fingerprint density at radius 2 is 1.95 bits per heavy atom. The molecule has 0 bridgehead atoms. The van der Waals surface area contributed by atoms with Crippen LogP contribution in [0.2, 0.25) is 0 Å². The first-order valence-electron chi connectivity index (χ1n) is 6.01. The van der Waals surface area contributed by atoms with E-state index in [0.717, 1.165) is 13.0 Å². The van der Waals surface area contributed by atoms with E-state index in [1.807, 2.05) is 0 Å². The molecule has 0 aliphatic heterocycles. The summed E-state index contributed by atoms with van der Waals surface area (Å²) >= 11 is 0. The third-order valence-electron chi connectivity index (χ3n) is 2.95. The zero-order valence-electron chi connectivity index (χ0n) is 11.4. The molecular weight excluding hydrogens is 273 g/mol. The number of alkyl halides is 3. The number of aliphatic hydroxyl groups excluding tert-OH is 1. The lowest BCUT2D eigenvalue weighted by Crippen LogP contribution is -2.30. The topological polar surface area (TPSA) is 61.4 Å². The molecule has 1 rings (SSSR count). The number of anilines is 1. The lowest BCUT2D eigenvalue weighted by Gasteiger charge is -2.23. The number of benzene rings is 1. The Balaban J connectivity index is 3.40. The average Bonchev–Trinajstić information content (AvgIpc) is 2.35. The van der Waals surface area contributed by atoms with E-state index in [0.29, 0.717) is 0 Å². The first-order chi connectivity index (χ1) is 9.18. The Morgan fingerprint density at radius 3 is 2.40 bits per heavy atom. The number of carbonyl (C=O) groups excluding carboxylic acids is 1. The first kappa shape index (κ1) is 16.5. The minimum absolute atomic E-state index is 0.0249. The fourth-order valence-corrected chi connectivity index (χ4v) is 1.80. The quantitative estimate of drug-likeness (QED) is 0.797. The van der Waals surface area contributed by atoms with Crippen molar-refractivity contribution in [3.05, 3.63) is 29.3 Å². The van der Waals surface area contributed by atoms with Crippen LogP contribution >= 0.6 is 0 Å². The van der Waals surface area contributed by atoms with Gasteiger partial charge in [-0.3, -0.25) is 4.79 Å². The third-order valence-corrected chi connectivity index (χ3v) is 2.95. The van der Waals surface area contributed by atoms with Gasteiger partial charge in [0.2, 0.25) is 5.91 Å². The molecule has 0 spiro atoms. The average molecular weight is 290 g/mol. The Morgan fingerprint density at radius 1 is 1.35 bits per heavy atom. The minimum Gasteiger partial charge on any atom is -0.387 e. The highest BCUT2D eigenvalue weighted by atomic mass is 19.4. The second-order valence-corrected chi connectivity index (χ2v) is 4.47. The molecule has 0 saturated heterocycles. The molecule has 7 heteroatoms. The van der Waals surface area contributed by atoms with Gasteiger partial charge in [0.15, 0.2) is 0 Å². The molecule has 1 amide bonds. The lowest BCUT2D eigenvalue weighted by atomic mass is 9.98. The molecule has 0 fully saturated rings. The predicted molar refractivity (Wildman–Crippen MR) is 69.2 cm³/mol. The molecular formula is C13H17F3N2O2. The highest BCUT2D eigenvalue weighted by Crippen LogP contribution is 2.39. The minimum atomic E-state index is -4.61. The Hall–Kier alpha value is -1.60. The van der Waals surface area contributed by atoms with Gasteiger partial charge in [-0.2, -0.15) is 13.2 Å². The standard InChI is InChI=1S/C13H17F3N2O2/c1-7(17-3)12(20)9-5-4-6-10(13(14,15)16)11(9)18-8(2)19/h4-7,12,17,20H,1-3H3,(H,18,19). The van der Waals surface area contributed by atoms with E-state index in [1.165, 1.54) is 12.1 Å². The molecule has 3 N–H and O–H groups in total. The van der Waals surface area contributed by atoms with Crippen molar-refractivity contribution < 1.29 is 23.1 Å². The van der Waals surface area contributed by atoms with Gasteiger partial charge in [-0.25, -0.2) is 0 Å². The van der Waals surface area contributed by atoms with Crippen molar-refractivity contribution in [2.45, 2.75) is 32.2 Å². The molecule has 2 unspecified atom stereocenters. The van der Waals surface area contributed by atoms with Crippen LogP contribution in [0.3, 0.4) is 0 Å². The number of amides is 1. The summed E-state index contributed by atoms with van der Waals surface area (Å²) < 4.78 is 38.9. The maximum atomic E-state index is 13.0. The van der Waals surface area contributed by atoms with Gasteiger partial charge in [0.1, 0.15) is 0 Å². The summed E-state index contributed by atoms with van der Waals surface area (Å²) in [6, 6.07) is 2.96. The fraction of sp³-hybridized carbons (Fsp3) is 0.462. The van der Waals surface area contributed by atoms with Crippen molar-refractivity contribution in [3.8, 4) is 0 Å². The summed E-state index contributed by atoms with van der Waals surface area (Å²) in [7, 11) is 1.58. The molecule has 0 aromatic heterocycles. The van der Waals surface area contributed by atoms with Crippen LogP contribution in [0.4, 0.5) is 18.9 Å². The molecule has 20 heavy (non-hydrogen) atoms. The summed E-state index contributed by atoms with van der Waals surface area (Å²) in [5.74, 6) is -0.632. The highest BCUT2D eigenvalue weighted by Gasteiger charge is 2.36. The molecule has 1 aromatic carbocycles. The Kier molecular flexibility index (Phi) is 5.13. The van der Waals surface area contributed by atoms with Crippen LogP contribution in [0.15, 0.2) is 18.2 Å². The van der Waals surface area contributed by atoms with Crippen LogP contribution in [-0.2, 0) is 11.0 Å².